The second kappa shape index (κ2) is 10.7. The highest BCUT2D eigenvalue weighted by Crippen LogP contribution is 2.22. The smallest absolute Gasteiger partial charge is 0.243 e. The minimum absolute atomic E-state index is 0.0858. The van der Waals surface area contributed by atoms with Gasteiger partial charge in [-0.1, -0.05) is 23.7 Å². The highest BCUT2D eigenvalue weighted by atomic mass is 35.5. The summed E-state index contributed by atoms with van der Waals surface area (Å²) in [5.41, 5.74) is 1.45. The van der Waals surface area contributed by atoms with Crippen molar-refractivity contribution >= 4 is 40.4 Å². The Kier molecular flexibility index (Phi) is 8.06. The zero-order chi connectivity index (χ0) is 20.6. The van der Waals surface area contributed by atoms with E-state index in [0.29, 0.717) is 23.8 Å². The molecule has 2 aromatic rings. The molecule has 1 unspecified atom stereocenters. The molecule has 0 aliphatic carbocycles. The minimum atomic E-state index is -0.285. The van der Waals surface area contributed by atoms with Crippen LogP contribution in [-0.4, -0.2) is 49.1 Å². The Hall–Kier alpha value is -1.93. The summed E-state index contributed by atoms with van der Waals surface area (Å²) in [4.78, 5) is 27.9. The molecule has 2 amide bonds. The van der Waals surface area contributed by atoms with Crippen molar-refractivity contribution in [2.45, 2.75) is 32.4 Å². The first kappa shape index (κ1) is 21.8. The number of nitrogens with one attached hydrogen (secondary N) is 2. The van der Waals surface area contributed by atoms with E-state index >= 15 is 0 Å². The second-order valence-electron chi connectivity index (χ2n) is 7.12. The van der Waals surface area contributed by atoms with Crippen molar-refractivity contribution in [3.05, 3.63) is 51.2 Å². The third kappa shape index (κ3) is 6.82. The van der Waals surface area contributed by atoms with Gasteiger partial charge in [0.2, 0.25) is 11.8 Å². The zero-order valence-corrected chi connectivity index (χ0v) is 18.0. The van der Waals surface area contributed by atoms with E-state index in [1.807, 2.05) is 18.4 Å². The van der Waals surface area contributed by atoms with E-state index in [0.717, 1.165) is 25.0 Å². The number of anilines is 1. The molecular weight excluding hydrogens is 410 g/mol. The van der Waals surface area contributed by atoms with Crippen molar-refractivity contribution in [2.24, 2.45) is 0 Å². The molecule has 2 N–H and O–H groups in total. The average molecular weight is 436 g/mol. The van der Waals surface area contributed by atoms with Gasteiger partial charge < -0.3 is 15.4 Å². The van der Waals surface area contributed by atoms with E-state index in [1.54, 1.807) is 29.5 Å². The monoisotopic (exact) mass is 435 g/mol. The molecule has 8 heteroatoms. The molecule has 3 rings (SSSR count). The van der Waals surface area contributed by atoms with Crippen LogP contribution in [-0.2, 0) is 20.9 Å². The third-order valence-electron chi connectivity index (χ3n) is 4.80. The van der Waals surface area contributed by atoms with Gasteiger partial charge in [-0.3, -0.25) is 14.5 Å². The Labute approximate surface area is 180 Å². The van der Waals surface area contributed by atoms with E-state index in [4.69, 9.17) is 16.3 Å². The molecule has 1 aromatic heterocycles. The molecule has 1 fully saturated rings. The highest BCUT2D eigenvalue weighted by Gasteiger charge is 2.21. The van der Waals surface area contributed by atoms with Crippen molar-refractivity contribution in [3.8, 4) is 0 Å². The van der Waals surface area contributed by atoms with Crippen LogP contribution in [0.15, 0.2) is 35.7 Å². The molecule has 0 saturated carbocycles. The van der Waals surface area contributed by atoms with E-state index in [2.05, 4.69) is 21.6 Å². The molecule has 1 aliphatic heterocycles. The van der Waals surface area contributed by atoms with Gasteiger partial charge in [0, 0.05) is 35.3 Å². The van der Waals surface area contributed by atoms with Crippen LogP contribution in [0.4, 0.5) is 5.69 Å². The lowest BCUT2D eigenvalue weighted by molar-refractivity contribution is -0.125. The predicted molar refractivity (Wildman–Crippen MR) is 116 cm³/mol. The van der Waals surface area contributed by atoms with Gasteiger partial charge in [-0.15, -0.1) is 11.3 Å². The maximum atomic E-state index is 12.4. The summed E-state index contributed by atoms with van der Waals surface area (Å²) in [6, 6.07) is 9.39. The maximum absolute atomic E-state index is 12.4. The van der Waals surface area contributed by atoms with Gasteiger partial charge >= 0.3 is 0 Å². The molecule has 2 heterocycles. The zero-order valence-electron chi connectivity index (χ0n) is 16.4. The number of benzene rings is 1. The minimum Gasteiger partial charge on any atom is -0.377 e. The summed E-state index contributed by atoms with van der Waals surface area (Å²) in [6.45, 7) is 4.16. The van der Waals surface area contributed by atoms with Gasteiger partial charge in [0.1, 0.15) is 0 Å². The van der Waals surface area contributed by atoms with Crippen molar-refractivity contribution in [2.75, 3.05) is 31.6 Å². The molecule has 1 saturated heterocycles. The molecule has 6 nitrogen and oxygen atoms in total. The molecule has 156 valence electrons. The standard InChI is InChI=1S/C21H26ClN3O3S/c1-15-18(22)7-2-8-19(15)24-20(26)11-23-21(27)14-25(12-16-5-3-9-28-16)13-17-6-4-10-29-17/h2,4,6-8,10,16H,3,5,9,11-14H2,1H3,(H,23,27)(H,24,26). The van der Waals surface area contributed by atoms with Crippen LogP contribution in [0.25, 0.3) is 0 Å². The Balaban J connectivity index is 1.49. The van der Waals surface area contributed by atoms with Crippen molar-refractivity contribution < 1.29 is 14.3 Å². The summed E-state index contributed by atoms with van der Waals surface area (Å²) in [5.74, 6) is -0.467. The predicted octanol–water partition coefficient (Wildman–Crippen LogP) is 3.45. The van der Waals surface area contributed by atoms with Crippen LogP contribution >= 0.6 is 22.9 Å². The van der Waals surface area contributed by atoms with Crippen LogP contribution in [0.5, 0.6) is 0 Å². The van der Waals surface area contributed by atoms with Gasteiger partial charge in [-0.05, 0) is 48.9 Å². The van der Waals surface area contributed by atoms with Gasteiger partial charge in [-0.2, -0.15) is 0 Å². The first-order chi connectivity index (χ1) is 14.0. The largest absolute Gasteiger partial charge is 0.377 e. The van der Waals surface area contributed by atoms with Gasteiger partial charge in [0.15, 0.2) is 0 Å². The SMILES string of the molecule is Cc1c(Cl)cccc1NC(=O)CNC(=O)CN(Cc1cccs1)CC1CCCO1. The van der Waals surface area contributed by atoms with Crippen LogP contribution in [0, 0.1) is 6.92 Å². The Bertz CT molecular complexity index is 823. The number of ether oxygens (including phenoxy) is 1. The van der Waals surface area contributed by atoms with Crippen molar-refractivity contribution in [3.63, 3.8) is 0 Å². The van der Waals surface area contributed by atoms with Gasteiger partial charge in [-0.25, -0.2) is 0 Å². The van der Waals surface area contributed by atoms with Crippen LogP contribution in [0.2, 0.25) is 5.02 Å². The van der Waals surface area contributed by atoms with E-state index in [1.165, 1.54) is 4.88 Å². The molecule has 29 heavy (non-hydrogen) atoms. The molecule has 0 spiro atoms. The summed E-state index contributed by atoms with van der Waals surface area (Å²) in [6.07, 6.45) is 2.24. The number of halogens is 1. The lowest BCUT2D eigenvalue weighted by Crippen LogP contribution is -2.42. The number of carbonyl (C=O) groups excluding carboxylic acids is 2. The van der Waals surface area contributed by atoms with Crippen LogP contribution < -0.4 is 10.6 Å². The number of hydrogen-bond donors (Lipinski definition) is 2. The normalized spacial score (nSPS) is 16.2. The summed E-state index contributed by atoms with van der Waals surface area (Å²) in [7, 11) is 0. The number of nitrogens with zero attached hydrogens (tertiary/aromatic N) is 1. The lowest BCUT2D eigenvalue weighted by atomic mass is 10.2. The molecule has 0 radical (unpaired) electrons. The molecule has 0 bridgehead atoms. The first-order valence-corrected chi connectivity index (χ1v) is 10.9. The van der Waals surface area contributed by atoms with E-state index in [-0.39, 0.29) is 31.0 Å². The number of rotatable bonds is 9. The Morgan fingerprint density at radius 1 is 1.28 bits per heavy atom. The fourth-order valence-corrected chi connectivity index (χ4v) is 4.18. The van der Waals surface area contributed by atoms with Gasteiger partial charge in [0.05, 0.1) is 19.2 Å². The maximum Gasteiger partial charge on any atom is 0.243 e. The number of thiophene rings is 1. The van der Waals surface area contributed by atoms with Crippen molar-refractivity contribution in [1.82, 2.24) is 10.2 Å². The molecule has 1 aliphatic rings. The number of amides is 2. The Morgan fingerprint density at radius 3 is 2.86 bits per heavy atom. The summed E-state index contributed by atoms with van der Waals surface area (Å²) in [5, 5.41) is 8.11. The fourth-order valence-electron chi connectivity index (χ4n) is 3.26. The average Bonchev–Trinajstić information content (AvgIpc) is 3.38. The summed E-state index contributed by atoms with van der Waals surface area (Å²) < 4.78 is 5.72. The van der Waals surface area contributed by atoms with Crippen LogP contribution in [0.3, 0.4) is 0 Å². The molecular formula is C21H26ClN3O3S. The second-order valence-corrected chi connectivity index (χ2v) is 8.56. The highest BCUT2D eigenvalue weighted by molar-refractivity contribution is 7.09. The first-order valence-electron chi connectivity index (χ1n) is 9.69. The summed E-state index contributed by atoms with van der Waals surface area (Å²) >= 11 is 7.74. The molecule has 1 atom stereocenters. The van der Waals surface area contributed by atoms with E-state index in [9.17, 15) is 9.59 Å². The number of hydrogen-bond acceptors (Lipinski definition) is 5. The van der Waals surface area contributed by atoms with E-state index < -0.39 is 0 Å². The topological polar surface area (TPSA) is 70.7 Å². The van der Waals surface area contributed by atoms with Crippen molar-refractivity contribution in [1.29, 1.82) is 0 Å². The number of carbonyl (C=O) groups is 2. The molecule has 1 aromatic carbocycles. The Morgan fingerprint density at radius 2 is 2.14 bits per heavy atom. The lowest BCUT2D eigenvalue weighted by Gasteiger charge is -2.24. The quantitative estimate of drug-likeness (QED) is 0.633. The third-order valence-corrected chi connectivity index (χ3v) is 6.07. The van der Waals surface area contributed by atoms with Gasteiger partial charge in [0.25, 0.3) is 0 Å². The van der Waals surface area contributed by atoms with Crippen LogP contribution in [0.1, 0.15) is 23.3 Å². The fraction of sp³-hybridized carbons (Fsp3) is 0.429.